The Morgan fingerprint density at radius 1 is 1.41 bits per heavy atom. The predicted octanol–water partition coefficient (Wildman–Crippen LogP) is 3.35. The number of aryl methyl sites for hydroxylation is 1. The van der Waals surface area contributed by atoms with Crippen LogP contribution in [-0.2, 0) is 4.79 Å². The van der Waals surface area contributed by atoms with Gasteiger partial charge < -0.3 is 10.2 Å². The average molecular weight is 317 g/mol. The van der Waals surface area contributed by atoms with E-state index in [4.69, 9.17) is 4.98 Å². The third-order valence-electron chi connectivity index (χ3n) is 3.86. The summed E-state index contributed by atoms with van der Waals surface area (Å²) in [6.07, 6.45) is 0.900. The van der Waals surface area contributed by atoms with Crippen LogP contribution in [0.2, 0.25) is 0 Å². The first-order valence-corrected chi connectivity index (χ1v) is 8.58. The van der Waals surface area contributed by atoms with Gasteiger partial charge in [-0.2, -0.15) is 0 Å². The Morgan fingerprint density at radius 2 is 2.18 bits per heavy atom. The van der Waals surface area contributed by atoms with Gasteiger partial charge in [0.25, 0.3) is 0 Å². The van der Waals surface area contributed by atoms with Gasteiger partial charge in [-0.1, -0.05) is 17.4 Å². The van der Waals surface area contributed by atoms with Gasteiger partial charge in [-0.15, -0.1) is 0 Å². The number of carbonyl (C=O) groups excluding carboxylic acids is 1. The molecule has 1 atom stereocenters. The van der Waals surface area contributed by atoms with Crippen LogP contribution in [0.15, 0.2) is 18.2 Å². The molecule has 1 aliphatic heterocycles. The quantitative estimate of drug-likeness (QED) is 0.924. The normalized spacial score (nSPS) is 18.9. The average Bonchev–Trinajstić information content (AvgIpc) is 3.02. The molecule has 1 aromatic heterocycles. The van der Waals surface area contributed by atoms with Crippen LogP contribution in [0, 0.1) is 12.8 Å². The van der Waals surface area contributed by atoms with Gasteiger partial charge >= 0.3 is 0 Å². The van der Waals surface area contributed by atoms with E-state index in [0.717, 1.165) is 30.2 Å². The Balaban J connectivity index is 1.72. The number of rotatable bonds is 2. The highest BCUT2D eigenvalue weighted by molar-refractivity contribution is 7.22. The molecule has 3 rings (SSSR count). The molecule has 118 valence electrons. The van der Waals surface area contributed by atoms with Crippen molar-refractivity contribution in [2.75, 3.05) is 18.0 Å². The lowest BCUT2D eigenvalue weighted by Gasteiger charge is -2.23. The van der Waals surface area contributed by atoms with Gasteiger partial charge in [-0.25, -0.2) is 4.98 Å². The van der Waals surface area contributed by atoms with Gasteiger partial charge in [-0.05, 0) is 51.8 Å². The van der Waals surface area contributed by atoms with E-state index in [9.17, 15) is 4.79 Å². The first-order valence-electron chi connectivity index (χ1n) is 7.76. The van der Waals surface area contributed by atoms with Crippen molar-refractivity contribution in [3.63, 3.8) is 0 Å². The van der Waals surface area contributed by atoms with E-state index >= 15 is 0 Å². The number of hydrogen-bond acceptors (Lipinski definition) is 4. The summed E-state index contributed by atoms with van der Waals surface area (Å²) in [5.74, 6) is 0.222. The Bertz CT molecular complexity index is 701. The molecule has 5 heteroatoms. The first kappa shape index (κ1) is 15.3. The van der Waals surface area contributed by atoms with Crippen LogP contribution in [-0.4, -0.2) is 29.5 Å². The summed E-state index contributed by atoms with van der Waals surface area (Å²) >= 11 is 1.72. The summed E-state index contributed by atoms with van der Waals surface area (Å²) in [6.45, 7) is 9.83. The van der Waals surface area contributed by atoms with Crippen molar-refractivity contribution < 1.29 is 4.79 Å². The summed E-state index contributed by atoms with van der Waals surface area (Å²) < 4.78 is 1.22. The number of amides is 1. The minimum absolute atomic E-state index is 0.0629. The number of benzene rings is 1. The van der Waals surface area contributed by atoms with Crippen LogP contribution in [0.5, 0.6) is 0 Å². The molecule has 0 radical (unpaired) electrons. The first-order chi connectivity index (χ1) is 10.3. The van der Waals surface area contributed by atoms with Crippen molar-refractivity contribution in [1.29, 1.82) is 0 Å². The van der Waals surface area contributed by atoms with Crippen LogP contribution < -0.4 is 10.2 Å². The molecule has 2 aromatic rings. The van der Waals surface area contributed by atoms with E-state index in [1.165, 1.54) is 10.3 Å². The molecule has 1 aromatic carbocycles. The molecule has 0 spiro atoms. The standard InChI is InChI=1S/C17H23N3OS/c1-11-5-6-13-14(9-11)22-16(18-13)20-8-7-12(10-20)15(21)19-17(2,3)4/h5-6,9,12H,7-8,10H2,1-4H3,(H,19,21). The molecule has 1 saturated heterocycles. The van der Waals surface area contributed by atoms with E-state index < -0.39 is 0 Å². The van der Waals surface area contributed by atoms with Gasteiger partial charge in [0, 0.05) is 18.6 Å². The lowest BCUT2D eigenvalue weighted by atomic mass is 10.0. The summed E-state index contributed by atoms with van der Waals surface area (Å²) in [5.41, 5.74) is 2.14. The Labute approximate surface area is 135 Å². The highest BCUT2D eigenvalue weighted by Gasteiger charge is 2.31. The Kier molecular flexibility index (Phi) is 3.85. The van der Waals surface area contributed by atoms with Gasteiger partial charge in [0.2, 0.25) is 5.91 Å². The maximum absolute atomic E-state index is 12.3. The molecule has 1 fully saturated rings. The second kappa shape index (κ2) is 5.54. The van der Waals surface area contributed by atoms with Crippen LogP contribution in [0.25, 0.3) is 10.2 Å². The minimum Gasteiger partial charge on any atom is -0.351 e. The molecule has 1 amide bonds. The van der Waals surface area contributed by atoms with Crippen LogP contribution in [0.1, 0.15) is 32.8 Å². The summed E-state index contributed by atoms with van der Waals surface area (Å²) in [5, 5.41) is 4.12. The topological polar surface area (TPSA) is 45.2 Å². The van der Waals surface area contributed by atoms with Crippen LogP contribution in [0.3, 0.4) is 0 Å². The molecule has 1 unspecified atom stereocenters. The van der Waals surface area contributed by atoms with Gasteiger partial charge in [0.1, 0.15) is 0 Å². The smallest absolute Gasteiger partial charge is 0.225 e. The van der Waals surface area contributed by atoms with E-state index in [2.05, 4.69) is 35.3 Å². The van der Waals surface area contributed by atoms with E-state index in [1.54, 1.807) is 11.3 Å². The molecular weight excluding hydrogens is 294 g/mol. The minimum atomic E-state index is -0.169. The lowest BCUT2D eigenvalue weighted by Crippen LogP contribution is -2.44. The van der Waals surface area contributed by atoms with Crippen molar-refractivity contribution in [3.8, 4) is 0 Å². The third-order valence-corrected chi connectivity index (χ3v) is 4.94. The monoisotopic (exact) mass is 317 g/mol. The summed E-state index contributed by atoms with van der Waals surface area (Å²) in [4.78, 5) is 19.3. The number of hydrogen-bond donors (Lipinski definition) is 1. The molecular formula is C17H23N3OS. The molecule has 4 nitrogen and oxygen atoms in total. The van der Waals surface area contributed by atoms with E-state index in [-0.39, 0.29) is 17.4 Å². The SMILES string of the molecule is Cc1ccc2nc(N3CCC(C(=O)NC(C)(C)C)C3)sc2c1. The van der Waals surface area contributed by atoms with Crippen molar-refractivity contribution >= 4 is 32.6 Å². The zero-order valence-electron chi connectivity index (χ0n) is 13.6. The maximum Gasteiger partial charge on any atom is 0.225 e. The summed E-state index contributed by atoms with van der Waals surface area (Å²) in [6, 6.07) is 6.34. The maximum atomic E-state index is 12.3. The van der Waals surface area contributed by atoms with Gasteiger partial charge in [-0.3, -0.25) is 4.79 Å². The number of carbonyl (C=O) groups is 1. The fraction of sp³-hybridized carbons (Fsp3) is 0.529. The fourth-order valence-electron chi connectivity index (χ4n) is 2.77. The van der Waals surface area contributed by atoms with Gasteiger partial charge in [0.15, 0.2) is 5.13 Å². The number of anilines is 1. The van der Waals surface area contributed by atoms with E-state index in [1.807, 2.05) is 20.8 Å². The summed E-state index contributed by atoms with van der Waals surface area (Å²) in [7, 11) is 0. The van der Waals surface area contributed by atoms with Crippen molar-refractivity contribution in [2.45, 2.75) is 39.7 Å². The van der Waals surface area contributed by atoms with Gasteiger partial charge in [0.05, 0.1) is 16.1 Å². The zero-order valence-corrected chi connectivity index (χ0v) is 14.5. The number of nitrogens with one attached hydrogen (secondary N) is 1. The molecule has 0 bridgehead atoms. The largest absolute Gasteiger partial charge is 0.351 e. The molecule has 0 aliphatic carbocycles. The number of fused-ring (bicyclic) bond motifs is 1. The predicted molar refractivity (Wildman–Crippen MR) is 92.6 cm³/mol. The van der Waals surface area contributed by atoms with Crippen LogP contribution in [0.4, 0.5) is 5.13 Å². The Hall–Kier alpha value is -1.62. The number of aromatic nitrogens is 1. The fourth-order valence-corrected chi connectivity index (χ4v) is 3.87. The van der Waals surface area contributed by atoms with Crippen LogP contribution >= 0.6 is 11.3 Å². The zero-order chi connectivity index (χ0) is 15.9. The Morgan fingerprint density at radius 3 is 2.91 bits per heavy atom. The molecule has 1 N–H and O–H groups in total. The number of nitrogens with zero attached hydrogens (tertiary/aromatic N) is 2. The molecule has 22 heavy (non-hydrogen) atoms. The van der Waals surface area contributed by atoms with Crippen molar-refractivity contribution in [2.24, 2.45) is 5.92 Å². The second-order valence-electron chi connectivity index (χ2n) is 7.14. The lowest BCUT2D eigenvalue weighted by molar-refractivity contribution is -0.125. The molecule has 0 saturated carbocycles. The molecule has 2 heterocycles. The van der Waals surface area contributed by atoms with Crippen molar-refractivity contribution in [3.05, 3.63) is 23.8 Å². The number of thiazole rings is 1. The van der Waals surface area contributed by atoms with Crippen molar-refractivity contribution in [1.82, 2.24) is 10.3 Å². The molecule has 1 aliphatic rings. The highest BCUT2D eigenvalue weighted by Crippen LogP contribution is 2.32. The highest BCUT2D eigenvalue weighted by atomic mass is 32.1. The second-order valence-corrected chi connectivity index (χ2v) is 8.15. The van der Waals surface area contributed by atoms with E-state index in [0.29, 0.717) is 0 Å². The third kappa shape index (κ3) is 3.24.